The Morgan fingerprint density at radius 2 is 1.86 bits per heavy atom. The number of benzene rings is 2. The fraction of sp³-hybridized carbons (Fsp3) is 0.250. The van der Waals surface area contributed by atoms with Crippen molar-refractivity contribution in [3.05, 3.63) is 59.1 Å². The SMILES string of the molecule is CCOc1ccccc1C(=O)N(CC)c1nnc(Cn2nnc3ccccc32)s1. The van der Waals surface area contributed by atoms with Crippen molar-refractivity contribution in [3.63, 3.8) is 0 Å². The molecule has 0 saturated carbocycles. The molecule has 0 aliphatic carbocycles. The molecule has 1 amide bonds. The Bertz CT molecular complexity index is 1140. The first-order valence-electron chi connectivity index (χ1n) is 9.35. The van der Waals surface area contributed by atoms with Gasteiger partial charge >= 0.3 is 0 Å². The molecule has 8 nitrogen and oxygen atoms in total. The van der Waals surface area contributed by atoms with E-state index >= 15 is 0 Å². The van der Waals surface area contributed by atoms with Gasteiger partial charge in [-0.15, -0.1) is 15.3 Å². The number of rotatable bonds is 7. The summed E-state index contributed by atoms with van der Waals surface area (Å²) in [5.41, 5.74) is 2.27. The van der Waals surface area contributed by atoms with Gasteiger partial charge in [0.15, 0.2) is 0 Å². The van der Waals surface area contributed by atoms with Crippen LogP contribution in [-0.4, -0.2) is 44.3 Å². The molecule has 2 aromatic carbocycles. The molecule has 0 spiro atoms. The van der Waals surface area contributed by atoms with Crippen molar-refractivity contribution >= 4 is 33.4 Å². The number of para-hydroxylation sites is 2. The molecule has 0 unspecified atom stereocenters. The van der Waals surface area contributed by atoms with Crippen molar-refractivity contribution in [1.29, 1.82) is 0 Å². The number of hydrogen-bond acceptors (Lipinski definition) is 7. The number of nitrogens with zero attached hydrogens (tertiary/aromatic N) is 6. The highest BCUT2D eigenvalue weighted by atomic mass is 32.1. The third kappa shape index (κ3) is 3.81. The summed E-state index contributed by atoms with van der Waals surface area (Å²) >= 11 is 1.37. The molecule has 4 aromatic rings. The summed E-state index contributed by atoms with van der Waals surface area (Å²) in [5.74, 6) is 0.405. The van der Waals surface area contributed by atoms with Gasteiger partial charge in [0.05, 0.1) is 24.2 Å². The summed E-state index contributed by atoms with van der Waals surface area (Å²) in [6.07, 6.45) is 0. The summed E-state index contributed by atoms with van der Waals surface area (Å²) in [6.45, 7) is 5.21. The van der Waals surface area contributed by atoms with Gasteiger partial charge in [0.2, 0.25) is 5.13 Å². The van der Waals surface area contributed by atoms with Crippen LogP contribution < -0.4 is 9.64 Å². The Hall–Kier alpha value is -3.33. The first-order chi connectivity index (χ1) is 14.2. The zero-order chi connectivity index (χ0) is 20.2. The molecule has 0 radical (unpaired) electrons. The highest BCUT2D eigenvalue weighted by Crippen LogP contribution is 2.26. The molecular formula is C20H20N6O2S. The van der Waals surface area contributed by atoms with Gasteiger partial charge in [-0.25, -0.2) is 4.68 Å². The van der Waals surface area contributed by atoms with E-state index in [0.29, 0.717) is 36.1 Å². The zero-order valence-electron chi connectivity index (χ0n) is 16.1. The Labute approximate surface area is 171 Å². The smallest absolute Gasteiger partial charge is 0.263 e. The number of carbonyl (C=O) groups is 1. The Balaban J connectivity index is 1.58. The maximum absolute atomic E-state index is 13.1. The van der Waals surface area contributed by atoms with E-state index in [-0.39, 0.29) is 5.91 Å². The normalized spacial score (nSPS) is 11.0. The quantitative estimate of drug-likeness (QED) is 0.466. The first kappa shape index (κ1) is 19.0. The number of anilines is 1. The second kappa shape index (κ2) is 8.36. The number of carbonyl (C=O) groups excluding carboxylic acids is 1. The van der Waals surface area contributed by atoms with Gasteiger partial charge in [0, 0.05) is 6.54 Å². The van der Waals surface area contributed by atoms with E-state index in [1.165, 1.54) is 11.3 Å². The van der Waals surface area contributed by atoms with Crippen LogP contribution in [0, 0.1) is 0 Å². The van der Waals surface area contributed by atoms with Crippen LogP contribution in [0.1, 0.15) is 29.2 Å². The lowest BCUT2D eigenvalue weighted by Crippen LogP contribution is -2.31. The number of ether oxygens (including phenoxy) is 1. The van der Waals surface area contributed by atoms with Gasteiger partial charge in [0.1, 0.15) is 16.3 Å². The highest BCUT2D eigenvalue weighted by Gasteiger charge is 2.23. The van der Waals surface area contributed by atoms with Gasteiger partial charge in [-0.1, -0.05) is 40.8 Å². The van der Waals surface area contributed by atoms with E-state index in [2.05, 4.69) is 20.5 Å². The average molecular weight is 408 g/mol. The third-order valence-corrected chi connectivity index (χ3v) is 5.30. The standard InChI is InChI=1S/C20H20N6O2S/c1-3-25(19(27)14-9-5-8-12-17(14)28-4-2)20-23-22-18(29-20)13-26-16-11-7-6-10-15(16)21-24-26/h5-12H,3-4,13H2,1-2H3. The maximum Gasteiger partial charge on any atom is 0.263 e. The number of hydrogen-bond donors (Lipinski definition) is 0. The molecule has 0 saturated heterocycles. The first-order valence-corrected chi connectivity index (χ1v) is 10.2. The van der Waals surface area contributed by atoms with Gasteiger partial charge < -0.3 is 4.74 Å². The molecule has 148 valence electrons. The lowest BCUT2D eigenvalue weighted by atomic mass is 10.2. The van der Waals surface area contributed by atoms with Crippen LogP contribution >= 0.6 is 11.3 Å². The van der Waals surface area contributed by atoms with Gasteiger partial charge in [-0.05, 0) is 38.1 Å². The van der Waals surface area contributed by atoms with Gasteiger partial charge in [0.25, 0.3) is 5.91 Å². The largest absolute Gasteiger partial charge is 0.493 e. The van der Waals surface area contributed by atoms with Crippen molar-refractivity contribution in [1.82, 2.24) is 25.2 Å². The van der Waals surface area contributed by atoms with Crippen molar-refractivity contribution in [2.24, 2.45) is 0 Å². The Kier molecular flexibility index (Phi) is 5.48. The van der Waals surface area contributed by atoms with Crippen LogP contribution in [0.25, 0.3) is 11.0 Å². The Morgan fingerprint density at radius 3 is 2.69 bits per heavy atom. The average Bonchev–Trinajstić information content (AvgIpc) is 3.37. The molecule has 0 bridgehead atoms. The van der Waals surface area contributed by atoms with Crippen molar-refractivity contribution in [2.75, 3.05) is 18.1 Å². The molecule has 4 rings (SSSR count). The number of fused-ring (bicyclic) bond motifs is 1. The molecule has 0 aliphatic rings. The summed E-state index contributed by atoms with van der Waals surface area (Å²) in [4.78, 5) is 14.7. The number of aromatic nitrogens is 5. The molecule has 0 N–H and O–H groups in total. The fourth-order valence-electron chi connectivity index (χ4n) is 3.02. The van der Waals surface area contributed by atoms with Crippen molar-refractivity contribution in [3.8, 4) is 5.75 Å². The van der Waals surface area contributed by atoms with Crippen LogP contribution in [-0.2, 0) is 6.54 Å². The van der Waals surface area contributed by atoms with Crippen LogP contribution in [0.3, 0.4) is 0 Å². The van der Waals surface area contributed by atoms with E-state index in [0.717, 1.165) is 16.0 Å². The second-order valence-electron chi connectivity index (χ2n) is 6.19. The fourth-order valence-corrected chi connectivity index (χ4v) is 3.90. The highest BCUT2D eigenvalue weighted by molar-refractivity contribution is 7.15. The number of amides is 1. The summed E-state index contributed by atoms with van der Waals surface area (Å²) in [6, 6.07) is 15.0. The van der Waals surface area contributed by atoms with E-state index in [4.69, 9.17) is 4.74 Å². The maximum atomic E-state index is 13.1. The predicted octanol–water partition coefficient (Wildman–Crippen LogP) is 3.40. The lowest BCUT2D eigenvalue weighted by Gasteiger charge is -2.18. The van der Waals surface area contributed by atoms with E-state index in [1.807, 2.05) is 50.2 Å². The molecular weight excluding hydrogens is 388 g/mol. The molecule has 0 fully saturated rings. The molecule has 29 heavy (non-hydrogen) atoms. The minimum absolute atomic E-state index is 0.162. The lowest BCUT2D eigenvalue weighted by molar-refractivity contribution is 0.0984. The second-order valence-corrected chi connectivity index (χ2v) is 7.23. The minimum atomic E-state index is -0.162. The van der Waals surface area contributed by atoms with E-state index in [9.17, 15) is 4.79 Å². The van der Waals surface area contributed by atoms with Crippen LogP contribution in [0.5, 0.6) is 5.75 Å². The zero-order valence-corrected chi connectivity index (χ0v) is 17.0. The summed E-state index contributed by atoms with van der Waals surface area (Å²) in [5, 5.41) is 18.1. The topological polar surface area (TPSA) is 86.0 Å². The Morgan fingerprint density at radius 1 is 1.07 bits per heavy atom. The van der Waals surface area contributed by atoms with Crippen LogP contribution in [0.15, 0.2) is 48.5 Å². The summed E-state index contributed by atoms with van der Waals surface area (Å²) < 4.78 is 7.39. The van der Waals surface area contributed by atoms with Gasteiger partial charge in [-0.2, -0.15) is 0 Å². The minimum Gasteiger partial charge on any atom is -0.493 e. The van der Waals surface area contributed by atoms with E-state index in [1.54, 1.807) is 21.7 Å². The van der Waals surface area contributed by atoms with Crippen LogP contribution in [0.2, 0.25) is 0 Å². The third-order valence-electron chi connectivity index (χ3n) is 4.37. The molecule has 2 heterocycles. The molecule has 9 heteroatoms. The summed E-state index contributed by atoms with van der Waals surface area (Å²) in [7, 11) is 0. The predicted molar refractivity (Wildman–Crippen MR) is 112 cm³/mol. The molecule has 0 aliphatic heterocycles. The molecule has 0 atom stereocenters. The van der Waals surface area contributed by atoms with Gasteiger partial charge in [-0.3, -0.25) is 9.69 Å². The van der Waals surface area contributed by atoms with Crippen LogP contribution in [0.4, 0.5) is 5.13 Å². The van der Waals surface area contributed by atoms with Crippen molar-refractivity contribution < 1.29 is 9.53 Å². The van der Waals surface area contributed by atoms with Crippen molar-refractivity contribution in [2.45, 2.75) is 20.4 Å². The molecule has 2 aromatic heterocycles. The monoisotopic (exact) mass is 408 g/mol. The van der Waals surface area contributed by atoms with E-state index < -0.39 is 0 Å².